The summed E-state index contributed by atoms with van der Waals surface area (Å²) in [4.78, 5) is 14.4. The van der Waals surface area contributed by atoms with Crippen molar-refractivity contribution in [3.63, 3.8) is 0 Å². The molecule has 220 valence electrons. The molecule has 0 radical (unpaired) electrons. The third-order valence-electron chi connectivity index (χ3n) is 15.6. The average Bonchev–Trinajstić information content (AvgIpc) is 3.29. The number of carbonyl (C=O) groups excluding carboxylic acids is 1. The lowest BCUT2D eigenvalue weighted by molar-refractivity contribution is -0.237. The van der Waals surface area contributed by atoms with E-state index in [1.807, 2.05) is 0 Å². The van der Waals surface area contributed by atoms with Crippen molar-refractivity contribution >= 4 is 5.91 Å². The maximum atomic E-state index is 14.4. The summed E-state index contributed by atoms with van der Waals surface area (Å²) in [7, 11) is 0. The van der Waals surface area contributed by atoms with Crippen molar-refractivity contribution < 1.29 is 4.79 Å². The minimum atomic E-state index is -0.171. The van der Waals surface area contributed by atoms with Gasteiger partial charge in [0.1, 0.15) is 0 Å². The molecular formula is C36H60N2O. The molecule has 6 aliphatic rings. The Morgan fingerprint density at radius 3 is 2.18 bits per heavy atom. The van der Waals surface area contributed by atoms with Crippen LogP contribution in [0.4, 0.5) is 0 Å². The summed E-state index contributed by atoms with van der Waals surface area (Å²) in [5, 5.41) is 3.66. The predicted molar refractivity (Wildman–Crippen MR) is 162 cm³/mol. The summed E-state index contributed by atoms with van der Waals surface area (Å²) in [6, 6.07) is 0.739. The molecule has 0 unspecified atom stereocenters. The Labute approximate surface area is 240 Å². The van der Waals surface area contributed by atoms with Crippen molar-refractivity contribution in [2.24, 2.45) is 62.4 Å². The lowest BCUT2D eigenvalue weighted by Gasteiger charge is -2.73. The molecular weight excluding hydrogens is 476 g/mol. The average molecular weight is 537 g/mol. The normalized spacial score (nSPS) is 51.2. The van der Waals surface area contributed by atoms with E-state index in [9.17, 15) is 4.79 Å². The van der Waals surface area contributed by atoms with Gasteiger partial charge in [-0.1, -0.05) is 66.0 Å². The van der Waals surface area contributed by atoms with Crippen molar-refractivity contribution in [1.82, 2.24) is 5.32 Å². The summed E-state index contributed by atoms with van der Waals surface area (Å²) < 4.78 is 0. The molecule has 0 aromatic rings. The van der Waals surface area contributed by atoms with Gasteiger partial charge in [-0.2, -0.15) is 0 Å². The second-order valence-corrected chi connectivity index (χ2v) is 17.1. The van der Waals surface area contributed by atoms with Gasteiger partial charge in [0.2, 0.25) is 5.91 Å². The Bertz CT molecular complexity index is 996. The highest BCUT2D eigenvalue weighted by Crippen LogP contribution is 2.77. The van der Waals surface area contributed by atoms with Gasteiger partial charge in [-0.3, -0.25) is 4.79 Å². The molecule has 6 saturated carbocycles. The van der Waals surface area contributed by atoms with E-state index in [0.717, 1.165) is 31.1 Å². The summed E-state index contributed by atoms with van der Waals surface area (Å²) >= 11 is 0. The summed E-state index contributed by atoms with van der Waals surface area (Å²) in [6.07, 6.45) is 18.6. The van der Waals surface area contributed by atoms with Crippen LogP contribution in [0, 0.1) is 56.7 Å². The number of hydrogen-bond acceptors (Lipinski definition) is 2. The van der Waals surface area contributed by atoms with Crippen LogP contribution in [0.25, 0.3) is 0 Å². The molecule has 6 aliphatic carbocycles. The summed E-state index contributed by atoms with van der Waals surface area (Å²) in [5.41, 5.74) is 9.19. The quantitative estimate of drug-likeness (QED) is 0.356. The number of carbonyl (C=O) groups is 1. The molecule has 6 rings (SSSR count). The van der Waals surface area contributed by atoms with Crippen LogP contribution in [0.3, 0.4) is 0 Å². The second-order valence-electron chi connectivity index (χ2n) is 17.1. The van der Waals surface area contributed by atoms with Crippen molar-refractivity contribution in [3.05, 3.63) is 12.2 Å². The van der Waals surface area contributed by atoms with Crippen molar-refractivity contribution in [3.8, 4) is 0 Å². The molecule has 39 heavy (non-hydrogen) atoms. The molecule has 0 aromatic heterocycles. The first-order valence-electron chi connectivity index (χ1n) is 17.0. The lowest BCUT2D eigenvalue weighted by Crippen LogP contribution is -2.68. The second kappa shape index (κ2) is 9.34. The Kier molecular flexibility index (Phi) is 6.77. The van der Waals surface area contributed by atoms with Gasteiger partial charge in [0.25, 0.3) is 0 Å². The molecule has 0 heterocycles. The first-order valence-corrected chi connectivity index (χ1v) is 17.0. The van der Waals surface area contributed by atoms with E-state index in [-0.39, 0.29) is 10.8 Å². The van der Waals surface area contributed by atoms with Crippen molar-refractivity contribution in [2.45, 2.75) is 150 Å². The lowest BCUT2D eigenvalue weighted by atomic mass is 9.32. The van der Waals surface area contributed by atoms with E-state index in [1.54, 1.807) is 0 Å². The zero-order chi connectivity index (χ0) is 28.0. The number of nitrogens with two attached hydrogens (primary N) is 1. The SMILES string of the molecule is C=C(C)[C@@H]1CC[C@]2(C(=O)NC3CCCCC3)CC[C@]3(C)[C@H](CC[C@@H]4[C@@]5(C)CC[C@H](N)C(C)(C)[C@@H]5CC[C@]43C)[C@@H]12. The van der Waals surface area contributed by atoms with Crippen LogP contribution in [0.15, 0.2) is 12.2 Å². The zero-order valence-electron chi connectivity index (χ0n) is 26.3. The fraction of sp³-hybridized carbons (Fsp3) is 0.917. The highest BCUT2D eigenvalue weighted by molar-refractivity contribution is 5.84. The van der Waals surface area contributed by atoms with Crippen LogP contribution in [-0.4, -0.2) is 18.0 Å². The van der Waals surface area contributed by atoms with Crippen LogP contribution in [0.1, 0.15) is 138 Å². The molecule has 0 spiro atoms. The van der Waals surface area contributed by atoms with Crippen LogP contribution < -0.4 is 11.1 Å². The predicted octanol–water partition coefficient (Wildman–Crippen LogP) is 8.42. The number of amides is 1. The van der Waals surface area contributed by atoms with E-state index in [2.05, 4.69) is 53.4 Å². The number of hydrogen-bond donors (Lipinski definition) is 2. The molecule has 0 aromatic carbocycles. The van der Waals surface area contributed by atoms with Crippen molar-refractivity contribution in [2.75, 3.05) is 0 Å². The third kappa shape index (κ3) is 3.79. The van der Waals surface area contributed by atoms with Gasteiger partial charge in [0.05, 0.1) is 5.41 Å². The van der Waals surface area contributed by atoms with Crippen LogP contribution in [-0.2, 0) is 4.79 Å². The Morgan fingerprint density at radius 1 is 0.769 bits per heavy atom. The smallest absolute Gasteiger partial charge is 0.226 e. The van der Waals surface area contributed by atoms with Gasteiger partial charge in [0.15, 0.2) is 0 Å². The van der Waals surface area contributed by atoms with E-state index in [1.165, 1.54) is 82.6 Å². The molecule has 3 N–H and O–H groups in total. The molecule has 0 bridgehead atoms. The zero-order valence-corrected chi connectivity index (χ0v) is 26.3. The Hall–Kier alpha value is -0.830. The third-order valence-corrected chi connectivity index (χ3v) is 15.6. The van der Waals surface area contributed by atoms with E-state index >= 15 is 0 Å². The standard InChI is InChI=1S/C36H60N2O/c1-23(2)25-15-20-36(31(39)38-24-11-9-8-10-12-24)22-21-34(6)26(30(25)36)13-14-28-33(5)18-17-29(37)32(3,4)27(33)16-19-35(28,34)7/h24-30H,1,8-22,37H2,2-7H3,(H,38,39)/t25-,26+,27-,28+,29-,30+,33-,34+,35+,36-/m0/s1. The number of rotatable bonds is 3. The van der Waals surface area contributed by atoms with Gasteiger partial charge >= 0.3 is 0 Å². The molecule has 3 heteroatoms. The fourth-order valence-electron chi connectivity index (χ4n) is 13.1. The Morgan fingerprint density at radius 2 is 1.49 bits per heavy atom. The summed E-state index contributed by atoms with van der Waals surface area (Å²) in [6.45, 7) is 19.8. The van der Waals surface area contributed by atoms with Gasteiger partial charge in [0, 0.05) is 12.1 Å². The van der Waals surface area contributed by atoms with Gasteiger partial charge in [-0.05, 0) is 135 Å². The van der Waals surface area contributed by atoms with E-state index in [0.29, 0.717) is 52.0 Å². The first kappa shape index (κ1) is 28.3. The van der Waals surface area contributed by atoms with Gasteiger partial charge in [-0.15, -0.1) is 0 Å². The van der Waals surface area contributed by atoms with Crippen LogP contribution in [0.2, 0.25) is 0 Å². The molecule has 6 fully saturated rings. The maximum absolute atomic E-state index is 14.4. The van der Waals surface area contributed by atoms with Crippen molar-refractivity contribution in [1.29, 1.82) is 0 Å². The minimum Gasteiger partial charge on any atom is -0.353 e. The fourth-order valence-corrected chi connectivity index (χ4v) is 13.1. The van der Waals surface area contributed by atoms with Crippen LogP contribution >= 0.6 is 0 Å². The number of fused-ring (bicyclic) bond motifs is 7. The molecule has 1 amide bonds. The topological polar surface area (TPSA) is 55.1 Å². The first-order chi connectivity index (χ1) is 18.3. The Balaban J connectivity index is 1.35. The maximum Gasteiger partial charge on any atom is 0.226 e. The monoisotopic (exact) mass is 536 g/mol. The summed E-state index contributed by atoms with van der Waals surface area (Å²) in [5.74, 6) is 3.53. The highest BCUT2D eigenvalue weighted by Gasteiger charge is 2.71. The molecule has 0 aliphatic heterocycles. The number of allylic oxidation sites excluding steroid dienone is 1. The number of nitrogens with one attached hydrogen (secondary N) is 1. The molecule has 0 saturated heterocycles. The molecule has 3 nitrogen and oxygen atoms in total. The molecule has 10 atom stereocenters. The van der Waals surface area contributed by atoms with Crippen LogP contribution in [0.5, 0.6) is 0 Å². The van der Waals surface area contributed by atoms with E-state index in [4.69, 9.17) is 5.73 Å². The highest BCUT2D eigenvalue weighted by atomic mass is 16.2. The largest absolute Gasteiger partial charge is 0.353 e. The van der Waals surface area contributed by atoms with Gasteiger partial charge < -0.3 is 11.1 Å². The van der Waals surface area contributed by atoms with E-state index < -0.39 is 0 Å². The van der Waals surface area contributed by atoms with Gasteiger partial charge in [-0.25, -0.2) is 0 Å². The minimum absolute atomic E-state index is 0.171.